The summed E-state index contributed by atoms with van der Waals surface area (Å²) in [6.07, 6.45) is 3.19. The second-order valence-electron chi connectivity index (χ2n) is 7.59. The van der Waals surface area contributed by atoms with E-state index in [-0.39, 0.29) is 46.5 Å². The SMILES string of the molecule is OC1=CC2C(Cc3ccc(O)cc3)=C(O)C(Cc3ccc(O)cc3)=C(O)C2C(O)=C1. The highest BCUT2D eigenvalue weighted by molar-refractivity contribution is 5.49. The number of aliphatic hydroxyl groups excluding tert-OH is 4. The van der Waals surface area contributed by atoms with Crippen molar-refractivity contribution in [1.82, 2.24) is 0 Å². The van der Waals surface area contributed by atoms with E-state index in [1.807, 2.05) is 0 Å². The lowest BCUT2D eigenvalue weighted by atomic mass is 9.71. The Hall–Kier alpha value is -3.80. The van der Waals surface area contributed by atoms with Gasteiger partial charge in [0.25, 0.3) is 0 Å². The van der Waals surface area contributed by atoms with E-state index in [1.54, 1.807) is 36.4 Å². The van der Waals surface area contributed by atoms with E-state index >= 15 is 0 Å². The third kappa shape index (κ3) is 3.59. The first kappa shape index (κ1) is 19.5. The molecule has 0 amide bonds. The highest BCUT2D eigenvalue weighted by atomic mass is 16.3. The third-order valence-electron chi connectivity index (χ3n) is 5.57. The van der Waals surface area contributed by atoms with Gasteiger partial charge < -0.3 is 30.6 Å². The highest BCUT2D eigenvalue weighted by Crippen LogP contribution is 2.45. The molecule has 2 aliphatic rings. The Morgan fingerprint density at radius 1 is 0.667 bits per heavy atom. The van der Waals surface area contributed by atoms with Crippen molar-refractivity contribution < 1.29 is 30.6 Å². The smallest absolute Gasteiger partial charge is 0.122 e. The Morgan fingerprint density at radius 3 is 1.77 bits per heavy atom. The summed E-state index contributed by atoms with van der Waals surface area (Å²) in [6.45, 7) is 0. The fraction of sp³-hybridized carbons (Fsp3) is 0.167. The molecule has 2 aromatic carbocycles. The monoisotopic (exact) mass is 406 g/mol. The molecule has 0 fully saturated rings. The summed E-state index contributed by atoms with van der Waals surface area (Å²) in [6, 6.07) is 13.0. The molecule has 0 radical (unpaired) electrons. The zero-order valence-corrected chi connectivity index (χ0v) is 16.0. The number of allylic oxidation sites excluding steroid dienone is 4. The van der Waals surface area contributed by atoms with Crippen molar-refractivity contribution in [2.24, 2.45) is 11.8 Å². The molecular weight excluding hydrogens is 384 g/mol. The Kier molecular flexibility index (Phi) is 4.91. The molecule has 6 heteroatoms. The van der Waals surface area contributed by atoms with E-state index in [0.29, 0.717) is 12.0 Å². The van der Waals surface area contributed by atoms with Gasteiger partial charge in [0.15, 0.2) is 0 Å². The first-order valence-corrected chi connectivity index (χ1v) is 9.55. The zero-order valence-electron chi connectivity index (χ0n) is 16.0. The Bertz CT molecular complexity index is 1090. The van der Waals surface area contributed by atoms with Gasteiger partial charge >= 0.3 is 0 Å². The third-order valence-corrected chi connectivity index (χ3v) is 5.57. The minimum Gasteiger partial charge on any atom is -0.511 e. The van der Waals surface area contributed by atoms with Crippen LogP contribution >= 0.6 is 0 Å². The lowest BCUT2D eigenvalue weighted by Crippen LogP contribution is -2.30. The Balaban J connectivity index is 1.79. The van der Waals surface area contributed by atoms with Crippen LogP contribution in [0.4, 0.5) is 0 Å². The van der Waals surface area contributed by atoms with E-state index < -0.39 is 11.8 Å². The summed E-state index contributed by atoms with van der Waals surface area (Å²) in [5, 5.41) is 61.5. The molecular formula is C24H22O6. The first-order chi connectivity index (χ1) is 14.3. The van der Waals surface area contributed by atoms with Crippen molar-refractivity contribution in [2.45, 2.75) is 12.8 Å². The average Bonchev–Trinajstić information content (AvgIpc) is 2.70. The molecule has 0 aromatic heterocycles. The lowest BCUT2D eigenvalue weighted by Gasteiger charge is -2.35. The number of rotatable bonds is 4. The standard InChI is InChI=1S/C24H22O6/c25-15-5-1-13(2-6-15)9-19-18-11-17(27)12-21(28)22(18)24(30)20(23(19)29)10-14-3-7-16(26)8-4-14/h1-8,11-12,18,22,25-30H,9-10H2. The molecule has 0 saturated carbocycles. The van der Waals surface area contributed by atoms with Crippen LogP contribution in [0.1, 0.15) is 11.1 Å². The predicted octanol–water partition coefficient (Wildman–Crippen LogP) is 4.65. The van der Waals surface area contributed by atoms with Gasteiger partial charge in [-0.3, -0.25) is 0 Å². The van der Waals surface area contributed by atoms with Crippen molar-refractivity contribution in [3.8, 4) is 11.5 Å². The van der Waals surface area contributed by atoms with Crippen LogP contribution in [0, 0.1) is 11.8 Å². The fourth-order valence-electron chi connectivity index (χ4n) is 4.05. The van der Waals surface area contributed by atoms with Gasteiger partial charge in [-0.1, -0.05) is 24.3 Å². The van der Waals surface area contributed by atoms with Crippen LogP contribution in [0.5, 0.6) is 11.5 Å². The van der Waals surface area contributed by atoms with Crippen LogP contribution < -0.4 is 0 Å². The van der Waals surface area contributed by atoms with Crippen molar-refractivity contribution in [2.75, 3.05) is 0 Å². The molecule has 2 aliphatic carbocycles. The molecule has 2 unspecified atom stereocenters. The molecule has 0 saturated heterocycles. The number of aromatic hydroxyl groups is 2. The van der Waals surface area contributed by atoms with Gasteiger partial charge in [0, 0.05) is 24.0 Å². The molecule has 30 heavy (non-hydrogen) atoms. The van der Waals surface area contributed by atoms with Crippen molar-refractivity contribution in [3.05, 3.63) is 106 Å². The van der Waals surface area contributed by atoms with Crippen LogP contribution in [0.2, 0.25) is 0 Å². The molecule has 154 valence electrons. The molecule has 0 aliphatic heterocycles. The summed E-state index contributed by atoms with van der Waals surface area (Å²) >= 11 is 0. The van der Waals surface area contributed by atoms with E-state index in [0.717, 1.165) is 11.1 Å². The molecule has 0 heterocycles. The topological polar surface area (TPSA) is 121 Å². The molecule has 0 spiro atoms. The van der Waals surface area contributed by atoms with Crippen LogP contribution in [0.3, 0.4) is 0 Å². The number of aliphatic hydroxyl groups is 4. The minimum atomic E-state index is -0.809. The summed E-state index contributed by atoms with van der Waals surface area (Å²) in [5.41, 5.74) is 2.41. The lowest BCUT2D eigenvalue weighted by molar-refractivity contribution is 0.224. The van der Waals surface area contributed by atoms with Crippen molar-refractivity contribution in [3.63, 3.8) is 0 Å². The van der Waals surface area contributed by atoms with Crippen molar-refractivity contribution >= 4 is 0 Å². The number of phenols is 2. The van der Waals surface area contributed by atoms with E-state index in [2.05, 4.69) is 0 Å². The van der Waals surface area contributed by atoms with Crippen LogP contribution in [-0.2, 0) is 12.8 Å². The number of hydrogen-bond donors (Lipinski definition) is 6. The summed E-state index contributed by atoms with van der Waals surface area (Å²) in [5.74, 6) is -1.76. The Morgan fingerprint density at radius 2 is 1.20 bits per heavy atom. The van der Waals surface area contributed by atoms with Gasteiger partial charge in [0.1, 0.15) is 34.5 Å². The maximum atomic E-state index is 11.1. The summed E-state index contributed by atoms with van der Waals surface area (Å²) in [7, 11) is 0. The van der Waals surface area contributed by atoms with E-state index in [4.69, 9.17) is 0 Å². The minimum absolute atomic E-state index is 0.0892. The average molecular weight is 406 g/mol. The van der Waals surface area contributed by atoms with E-state index in [1.165, 1.54) is 24.3 Å². The van der Waals surface area contributed by atoms with Gasteiger partial charge in [0.05, 0.1) is 5.92 Å². The quantitative estimate of drug-likeness (QED) is 0.440. The first-order valence-electron chi connectivity index (χ1n) is 9.55. The number of benzene rings is 2. The second kappa shape index (κ2) is 7.55. The van der Waals surface area contributed by atoms with Gasteiger partial charge in [-0.15, -0.1) is 0 Å². The maximum absolute atomic E-state index is 11.1. The molecule has 6 N–H and O–H groups in total. The molecule has 6 nitrogen and oxygen atoms in total. The van der Waals surface area contributed by atoms with Crippen molar-refractivity contribution in [1.29, 1.82) is 0 Å². The fourth-order valence-corrected chi connectivity index (χ4v) is 4.05. The van der Waals surface area contributed by atoms with Crippen LogP contribution in [0.25, 0.3) is 0 Å². The number of hydrogen-bond acceptors (Lipinski definition) is 6. The largest absolute Gasteiger partial charge is 0.511 e. The van der Waals surface area contributed by atoms with Crippen LogP contribution in [-0.4, -0.2) is 30.6 Å². The van der Waals surface area contributed by atoms with Gasteiger partial charge in [-0.05, 0) is 53.5 Å². The molecule has 0 bridgehead atoms. The molecule has 2 atom stereocenters. The second-order valence-corrected chi connectivity index (χ2v) is 7.59. The predicted molar refractivity (Wildman–Crippen MR) is 111 cm³/mol. The summed E-state index contributed by atoms with van der Waals surface area (Å²) in [4.78, 5) is 0. The molecule has 2 aromatic rings. The zero-order chi connectivity index (χ0) is 21.4. The normalized spacial score (nSPS) is 21.2. The highest BCUT2D eigenvalue weighted by Gasteiger charge is 2.41. The van der Waals surface area contributed by atoms with Gasteiger partial charge in [0.2, 0.25) is 0 Å². The Labute approximate surface area is 173 Å². The van der Waals surface area contributed by atoms with Crippen LogP contribution in [0.15, 0.2) is 94.9 Å². The number of fused-ring (bicyclic) bond motifs is 1. The molecule has 4 rings (SSSR count). The van der Waals surface area contributed by atoms with Gasteiger partial charge in [-0.2, -0.15) is 0 Å². The summed E-state index contributed by atoms with van der Waals surface area (Å²) < 4.78 is 0. The maximum Gasteiger partial charge on any atom is 0.122 e. The number of phenolic OH excluding ortho intramolecular Hbond substituents is 2. The van der Waals surface area contributed by atoms with E-state index in [9.17, 15) is 30.6 Å². The van der Waals surface area contributed by atoms with Gasteiger partial charge in [-0.25, -0.2) is 0 Å².